The number of hydrogen-bond acceptors (Lipinski definition) is 3. The van der Waals surface area contributed by atoms with Crippen molar-refractivity contribution in [3.63, 3.8) is 0 Å². The monoisotopic (exact) mass is 255 g/mol. The Hall–Kier alpha value is -0.610. The van der Waals surface area contributed by atoms with Crippen molar-refractivity contribution in [3.8, 4) is 0 Å². The first kappa shape index (κ1) is 15.4. The highest BCUT2D eigenvalue weighted by atomic mass is 16.2. The topological polar surface area (TPSA) is 44.4 Å². The fourth-order valence-electron chi connectivity index (χ4n) is 2.84. The summed E-state index contributed by atoms with van der Waals surface area (Å²) in [6.07, 6.45) is 2.33. The van der Waals surface area contributed by atoms with E-state index in [9.17, 15) is 4.79 Å². The van der Waals surface area contributed by atoms with E-state index in [1.54, 1.807) is 0 Å². The summed E-state index contributed by atoms with van der Waals surface area (Å²) in [5.74, 6) is 0.824. The van der Waals surface area contributed by atoms with E-state index in [1.165, 1.54) is 6.42 Å². The van der Waals surface area contributed by atoms with Crippen molar-refractivity contribution < 1.29 is 4.79 Å². The molecule has 4 nitrogen and oxygen atoms in total. The standard InChI is InChI=1S/C14H29N3O/c1-5-12-10-17(9-8-13(12)15-6-2)11(4)14(18)16-7-3/h11-13,15H,5-10H2,1-4H3,(H,16,18). The molecule has 0 aliphatic carbocycles. The number of nitrogens with zero attached hydrogens (tertiary/aromatic N) is 1. The first-order chi connectivity index (χ1) is 8.63. The molecule has 0 bridgehead atoms. The molecule has 1 fully saturated rings. The maximum atomic E-state index is 11.9. The van der Waals surface area contributed by atoms with E-state index in [2.05, 4.69) is 29.4 Å². The maximum Gasteiger partial charge on any atom is 0.237 e. The minimum Gasteiger partial charge on any atom is -0.355 e. The van der Waals surface area contributed by atoms with Crippen LogP contribution in [-0.4, -0.2) is 49.1 Å². The van der Waals surface area contributed by atoms with Crippen molar-refractivity contribution >= 4 is 5.91 Å². The third-order valence-corrected chi connectivity index (χ3v) is 4.03. The lowest BCUT2D eigenvalue weighted by atomic mass is 9.89. The molecule has 18 heavy (non-hydrogen) atoms. The molecule has 0 aromatic heterocycles. The molecule has 106 valence electrons. The number of rotatable bonds is 6. The summed E-state index contributed by atoms with van der Waals surface area (Å²) in [6, 6.07) is 0.624. The highest BCUT2D eigenvalue weighted by molar-refractivity contribution is 5.81. The Morgan fingerprint density at radius 1 is 1.33 bits per heavy atom. The second kappa shape index (κ2) is 7.74. The molecule has 0 saturated carbocycles. The van der Waals surface area contributed by atoms with Crippen LogP contribution in [0.25, 0.3) is 0 Å². The van der Waals surface area contributed by atoms with Gasteiger partial charge in [-0.05, 0) is 32.7 Å². The third-order valence-electron chi connectivity index (χ3n) is 4.03. The molecule has 1 rings (SSSR count). The molecule has 2 N–H and O–H groups in total. The molecule has 0 radical (unpaired) electrons. The van der Waals surface area contributed by atoms with Gasteiger partial charge in [0.15, 0.2) is 0 Å². The van der Waals surface area contributed by atoms with Crippen molar-refractivity contribution in [2.24, 2.45) is 5.92 Å². The van der Waals surface area contributed by atoms with Gasteiger partial charge >= 0.3 is 0 Å². The lowest BCUT2D eigenvalue weighted by Gasteiger charge is -2.41. The number of likely N-dealkylation sites (tertiary alicyclic amines) is 1. The normalized spacial score (nSPS) is 26.9. The summed E-state index contributed by atoms with van der Waals surface area (Å²) >= 11 is 0. The first-order valence-electron chi connectivity index (χ1n) is 7.39. The van der Waals surface area contributed by atoms with E-state index in [4.69, 9.17) is 0 Å². The number of likely N-dealkylation sites (N-methyl/N-ethyl adjacent to an activating group) is 1. The van der Waals surface area contributed by atoms with Crippen LogP contribution in [0.5, 0.6) is 0 Å². The number of nitrogens with one attached hydrogen (secondary N) is 2. The van der Waals surface area contributed by atoms with E-state index in [-0.39, 0.29) is 11.9 Å². The highest BCUT2D eigenvalue weighted by Crippen LogP contribution is 2.21. The van der Waals surface area contributed by atoms with Gasteiger partial charge in [0.25, 0.3) is 0 Å². The molecule has 1 heterocycles. The zero-order chi connectivity index (χ0) is 13.5. The van der Waals surface area contributed by atoms with E-state index in [0.29, 0.717) is 18.5 Å². The molecule has 3 atom stereocenters. The minimum absolute atomic E-state index is 0.00146. The van der Waals surface area contributed by atoms with Gasteiger partial charge in [-0.15, -0.1) is 0 Å². The van der Waals surface area contributed by atoms with Crippen molar-refractivity contribution in [1.29, 1.82) is 0 Å². The Kier molecular flexibility index (Phi) is 6.65. The van der Waals surface area contributed by atoms with E-state index in [1.807, 2.05) is 13.8 Å². The Labute approximate surface area is 111 Å². The van der Waals surface area contributed by atoms with Gasteiger partial charge in [0.2, 0.25) is 5.91 Å². The molecular formula is C14H29N3O. The summed E-state index contributed by atoms with van der Waals surface area (Å²) in [7, 11) is 0. The van der Waals surface area contributed by atoms with Gasteiger partial charge in [-0.25, -0.2) is 0 Å². The summed E-state index contributed by atoms with van der Waals surface area (Å²) in [5, 5.41) is 6.49. The van der Waals surface area contributed by atoms with Crippen LogP contribution in [0.4, 0.5) is 0 Å². The van der Waals surface area contributed by atoms with Crippen molar-refractivity contribution in [2.45, 2.75) is 52.6 Å². The maximum absolute atomic E-state index is 11.9. The lowest BCUT2D eigenvalue weighted by molar-refractivity contribution is -0.126. The molecular weight excluding hydrogens is 226 g/mol. The predicted octanol–water partition coefficient (Wildman–Crippen LogP) is 1.22. The number of carbonyl (C=O) groups excluding carboxylic acids is 1. The SMILES string of the molecule is CCNC(=O)C(C)N1CCC(NCC)C(CC)C1. The number of hydrogen-bond donors (Lipinski definition) is 2. The first-order valence-corrected chi connectivity index (χ1v) is 7.39. The van der Waals surface area contributed by atoms with Crippen LogP contribution >= 0.6 is 0 Å². The molecule has 1 saturated heterocycles. The van der Waals surface area contributed by atoms with Crippen molar-refractivity contribution in [2.75, 3.05) is 26.2 Å². The summed E-state index contributed by atoms with van der Waals surface area (Å²) in [5.41, 5.74) is 0. The van der Waals surface area contributed by atoms with Gasteiger partial charge in [0.1, 0.15) is 0 Å². The molecule has 1 aliphatic rings. The van der Waals surface area contributed by atoms with Gasteiger partial charge in [0.05, 0.1) is 6.04 Å². The Bertz CT molecular complexity index is 257. The average molecular weight is 255 g/mol. The van der Waals surface area contributed by atoms with E-state index >= 15 is 0 Å². The second-order valence-corrected chi connectivity index (χ2v) is 5.19. The summed E-state index contributed by atoms with van der Waals surface area (Å²) < 4.78 is 0. The Balaban J connectivity index is 2.53. The Morgan fingerprint density at radius 2 is 2.06 bits per heavy atom. The molecule has 1 aliphatic heterocycles. The van der Waals surface area contributed by atoms with Crippen LogP contribution in [0.3, 0.4) is 0 Å². The zero-order valence-corrected chi connectivity index (χ0v) is 12.3. The Morgan fingerprint density at radius 3 is 2.61 bits per heavy atom. The smallest absolute Gasteiger partial charge is 0.237 e. The second-order valence-electron chi connectivity index (χ2n) is 5.19. The van der Waals surface area contributed by atoms with Crippen LogP contribution in [-0.2, 0) is 4.79 Å². The fraction of sp³-hybridized carbons (Fsp3) is 0.929. The van der Waals surface area contributed by atoms with Gasteiger partial charge in [-0.2, -0.15) is 0 Å². The van der Waals surface area contributed by atoms with Gasteiger partial charge in [-0.1, -0.05) is 20.3 Å². The van der Waals surface area contributed by atoms with Crippen molar-refractivity contribution in [3.05, 3.63) is 0 Å². The average Bonchev–Trinajstić information content (AvgIpc) is 2.39. The number of amides is 1. The highest BCUT2D eigenvalue weighted by Gasteiger charge is 2.31. The van der Waals surface area contributed by atoms with Gasteiger partial charge < -0.3 is 10.6 Å². The molecule has 3 unspecified atom stereocenters. The van der Waals surface area contributed by atoms with E-state index in [0.717, 1.165) is 26.1 Å². The summed E-state index contributed by atoms with van der Waals surface area (Å²) in [4.78, 5) is 14.2. The van der Waals surface area contributed by atoms with E-state index < -0.39 is 0 Å². The predicted molar refractivity (Wildman–Crippen MR) is 75.6 cm³/mol. The lowest BCUT2D eigenvalue weighted by Crippen LogP contribution is -2.54. The fourth-order valence-corrected chi connectivity index (χ4v) is 2.84. The zero-order valence-electron chi connectivity index (χ0n) is 12.3. The molecule has 0 aromatic rings. The van der Waals surface area contributed by atoms with Crippen LogP contribution in [0, 0.1) is 5.92 Å². The number of carbonyl (C=O) groups is 1. The quantitative estimate of drug-likeness (QED) is 0.750. The molecule has 1 amide bonds. The largest absolute Gasteiger partial charge is 0.355 e. The van der Waals surface area contributed by atoms with Crippen LogP contribution < -0.4 is 10.6 Å². The molecule has 0 aromatic carbocycles. The van der Waals surface area contributed by atoms with Gasteiger partial charge in [0, 0.05) is 25.7 Å². The molecule has 0 spiro atoms. The summed E-state index contributed by atoms with van der Waals surface area (Å²) in [6.45, 7) is 12.2. The number of piperidine rings is 1. The van der Waals surface area contributed by atoms with Crippen molar-refractivity contribution in [1.82, 2.24) is 15.5 Å². The minimum atomic E-state index is 0.00146. The van der Waals surface area contributed by atoms with Crippen LogP contribution in [0.1, 0.15) is 40.5 Å². The van der Waals surface area contributed by atoms with Gasteiger partial charge in [-0.3, -0.25) is 9.69 Å². The van der Waals surface area contributed by atoms with Crippen LogP contribution in [0.15, 0.2) is 0 Å². The third kappa shape index (κ3) is 3.95. The van der Waals surface area contributed by atoms with Crippen LogP contribution in [0.2, 0.25) is 0 Å². The molecule has 4 heteroatoms.